The van der Waals surface area contributed by atoms with E-state index < -0.39 is 11.5 Å². The van der Waals surface area contributed by atoms with Crippen LogP contribution in [0.1, 0.15) is 42.4 Å². The molecule has 0 saturated carbocycles. The number of carboxylic acids is 1. The second kappa shape index (κ2) is 6.46. The molecular weight excluding hydrogens is 286 g/mol. The number of carbonyl (C=O) groups is 3. The molecule has 7 nitrogen and oxygen atoms in total. The van der Waals surface area contributed by atoms with Crippen LogP contribution in [-0.2, 0) is 9.59 Å². The average molecular weight is 305 g/mol. The third-order valence-electron chi connectivity index (χ3n) is 3.64. The first-order valence-electron chi connectivity index (χ1n) is 6.66. The van der Waals surface area contributed by atoms with Crippen LogP contribution >= 0.6 is 0 Å². The molecule has 0 fully saturated rings. The van der Waals surface area contributed by atoms with Crippen LogP contribution in [0, 0.1) is 12.8 Å². The van der Waals surface area contributed by atoms with Gasteiger partial charge in [0.15, 0.2) is 5.84 Å². The van der Waals surface area contributed by atoms with Gasteiger partial charge in [0.1, 0.15) is 18.0 Å². The van der Waals surface area contributed by atoms with Crippen molar-refractivity contribution in [2.24, 2.45) is 10.9 Å². The first kappa shape index (κ1) is 17.5. The van der Waals surface area contributed by atoms with Crippen LogP contribution in [0.3, 0.4) is 0 Å². The highest BCUT2D eigenvalue weighted by atomic mass is 16.4. The Kier molecular flexibility index (Phi) is 5.14. The molecule has 1 aliphatic heterocycles. The number of pyridine rings is 1. The summed E-state index contributed by atoms with van der Waals surface area (Å²) in [6.07, 6.45) is 1.56. The molecule has 0 aromatic carbocycles. The number of aryl methyl sites for hydroxylation is 1. The van der Waals surface area contributed by atoms with Crippen molar-refractivity contribution >= 4 is 24.5 Å². The number of amidine groups is 1. The Bertz CT molecular complexity index is 640. The molecule has 1 aliphatic rings. The fourth-order valence-corrected chi connectivity index (χ4v) is 1.97. The molecule has 1 amide bonds. The standard InChI is InChI=1S/C14H17N3O3.CH2O/c1-7(2)14(4)13(20)16-11(17-14)10-9(12(18)19)5-8(3)6-15-10;1-2/h5-7H,1-4H3,(H,18,19)(H,16,17,20);1H2. The Morgan fingerprint density at radius 1 is 1.41 bits per heavy atom. The van der Waals surface area contributed by atoms with E-state index in [4.69, 9.17) is 4.79 Å². The normalized spacial score (nSPS) is 20.0. The summed E-state index contributed by atoms with van der Waals surface area (Å²) in [5.74, 6) is -1.10. The number of aromatic carboxylic acids is 1. The first-order valence-corrected chi connectivity index (χ1v) is 6.66. The minimum Gasteiger partial charge on any atom is -0.478 e. The Balaban J connectivity index is 0.00000116. The lowest BCUT2D eigenvalue weighted by Crippen LogP contribution is -2.41. The molecule has 2 heterocycles. The van der Waals surface area contributed by atoms with E-state index in [0.29, 0.717) is 0 Å². The molecule has 2 N–H and O–H groups in total. The molecule has 1 unspecified atom stereocenters. The number of carboxylic acid groups (broad SMARTS) is 1. The van der Waals surface area contributed by atoms with Gasteiger partial charge < -0.3 is 15.2 Å². The summed E-state index contributed by atoms with van der Waals surface area (Å²) in [5, 5.41) is 11.9. The molecule has 0 aliphatic carbocycles. The van der Waals surface area contributed by atoms with Gasteiger partial charge in [0.05, 0.1) is 5.56 Å². The van der Waals surface area contributed by atoms with Gasteiger partial charge in [-0.2, -0.15) is 0 Å². The van der Waals surface area contributed by atoms with Crippen LogP contribution in [0.4, 0.5) is 0 Å². The molecule has 0 spiro atoms. The lowest BCUT2D eigenvalue weighted by molar-refractivity contribution is -0.124. The smallest absolute Gasteiger partial charge is 0.338 e. The van der Waals surface area contributed by atoms with Crippen LogP contribution in [0.25, 0.3) is 0 Å². The van der Waals surface area contributed by atoms with E-state index in [0.717, 1.165) is 5.56 Å². The molecule has 0 bridgehead atoms. The van der Waals surface area contributed by atoms with Crippen molar-refractivity contribution in [2.75, 3.05) is 0 Å². The van der Waals surface area contributed by atoms with E-state index >= 15 is 0 Å². The van der Waals surface area contributed by atoms with Crippen LogP contribution in [0.5, 0.6) is 0 Å². The molecule has 7 heteroatoms. The maximum atomic E-state index is 12.1. The van der Waals surface area contributed by atoms with Gasteiger partial charge in [0, 0.05) is 6.20 Å². The summed E-state index contributed by atoms with van der Waals surface area (Å²) < 4.78 is 0. The molecular formula is C15H19N3O4. The highest BCUT2D eigenvalue weighted by Crippen LogP contribution is 2.27. The van der Waals surface area contributed by atoms with Crippen LogP contribution < -0.4 is 5.32 Å². The maximum absolute atomic E-state index is 12.1. The van der Waals surface area contributed by atoms with E-state index in [1.165, 1.54) is 6.07 Å². The topological polar surface area (TPSA) is 109 Å². The zero-order chi connectivity index (χ0) is 17.1. The molecule has 22 heavy (non-hydrogen) atoms. The van der Waals surface area contributed by atoms with Gasteiger partial charge in [-0.05, 0) is 31.4 Å². The monoisotopic (exact) mass is 305 g/mol. The van der Waals surface area contributed by atoms with Gasteiger partial charge in [0.25, 0.3) is 5.91 Å². The lowest BCUT2D eigenvalue weighted by atomic mass is 9.89. The number of amides is 1. The highest BCUT2D eigenvalue weighted by Gasteiger charge is 2.42. The SMILES string of the molecule is C=O.Cc1cnc(C2=NC(C)(C(C)C)C(=O)N2)c(C(=O)O)c1. The summed E-state index contributed by atoms with van der Waals surface area (Å²) in [6.45, 7) is 9.28. The van der Waals surface area contributed by atoms with Crippen molar-refractivity contribution in [2.45, 2.75) is 33.2 Å². The summed E-state index contributed by atoms with van der Waals surface area (Å²) in [4.78, 5) is 39.9. The van der Waals surface area contributed by atoms with Crippen molar-refractivity contribution < 1.29 is 19.5 Å². The summed E-state index contributed by atoms with van der Waals surface area (Å²) >= 11 is 0. The Hall–Kier alpha value is -2.57. The Morgan fingerprint density at radius 3 is 2.45 bits per heavy atom. The van der Waals surface area contributed by atoms with Gasteiger partial charge in [-0.15, -0.1) is 0 Å². The third-order valence-corrected chi connectivity index (χ3v) is 3.64. The van der Waals surface area contributed by atoms with Gasteiger partial charge in [-0.1, -0.05) is 13.8 Å². The number of nitrogens with zero attached hydrogens (tertiary/aromatic N) is 2. The summed E-state index contributed by atoms with van der Waals surface area (Å²) in [5.41, 5.74) is 0.0816. The minimum absolute atomic E-state index is 0.00118. The van der Waals surface area contributed by atoms with Crippen molar-refractivity contribution in [1.82, 2.24) is 10.3 Å². The van der Waals surface area contributed by atoms with Gasteiger partial charge in [0.2, 0.25) is 0 Å². The predicted octanol–water partition coefficient (Wildman–Crippen LogP) is 1.19. The van der Waals surface area contributed by atoms with E-state index in [2.05, 4.69) is 15.3 Å². The van der Waals surface area contributed by atoms with Gasteiger partial charge in [-0.3, -0.25) is 9.78 Å². The van der Waals surface area contributed by atoms with Gasteiger partial charge in [-0.25, -0.2) is 9.79 Å². The van der Waals surface area contributed by atoms with E-state index in [1.807, 2.05) is 20.6 Å². The van der Waals surface area contributed by atoms with Gasteiger partial charge >= 0.3 is 5.97 Å². The number of rotatable bonds is 3. The summed E-state index contributed by atoms with van der Waals surface area (Å²) in [7, 11) is 0. The van der Waals surface area contributed by atoms with Crippen molar-refractivity contribution in [1.29, 1.82) is 0 Å². The molecule has 1 aromatic heterocycles. The average Bonchev–Trinajstić information content (AvgIpc) is 2.78. The molecule has 118 valence electrons. The number of carbonyl (C=O) groups excluding carboxylic acids is 2. The maximum Gasteiger partial charge on any atom is 0.338 e. The van der Waals surface area contributed by atoms with Crippen molar-refractivity contribution in [3.8, 4) is 0 Å². The minimum atomic E-state index is -1.09. The number of aromatic nitrogens is 1. The first-order chi connectivity index (χ1) is 10.3. The van der Waals surface area contributed by atoms with Crippen LogP contribution in [0.15, 0.2) is 17.3 Å². The van der Waals surface area contributed by atoms with Crippen LogP contribution in [0.2, 0.25) is 0 Å². The Morgan fingerprint density at radius 2 is 2.00 bits per heavy atom. The Labute approximate surface area is 128 Å². The zero-order valence-corrected chi connectivity index (χ0v) is 13.0. The lowest BCUT2D eigenvalue weighted by Gasteiger charge is -2.21. The molecule has 0 saturated heterocycles. The number of hydrogen-bond acceptors (Lipinski definition) is 5. The van der Waals surface area contributed by atoms with E-state index in [1.54, 1.807) is 20.0 Å². The van der Waals surface area contributed by atoms with Crippen LogP contribution in [-0.4, -0.2) is 40.1 Å². The number of nitrogens with one attached hydrogen (secondary N) is 1. The number of hydrogen-bond donors (Lipinski definition) is 2. The largest absolute Gasteiger partial charge is 0.478 e. The van der Waals surface area contributed by atoms with E-state index in [-0.39, 0.29) is 28.9 Å². The van der Waals surface area contributed by atoms with Crippen molar-refractivity contribution in [3.63, 3.8) is 0 Å². The summed E-state index contributed by atoms with van der Waals surface area (Å²) in [6, 6.07) is 1.52. The second-order valence-electron chi connectivity index (χ2n) is 5.43. The molecule has 0 radical (unpaired) electrons. The number of aliphatic imine (C=N–C) groups is 1. The second-order valence-corrected chi connectivity index (χ2v) is 5.43. The molecule has 1 aromatic rings. The molecule has 1 atom stereocenters. The third kappa shape index (κ3) is 3.03. The quantitative estimate of drug-likeness (QED) is 0.872. The highest BCUT2D eigenvalue weighted by molar-refractivity contribution is 6.17. The fraction of sp³-hybridized carbons (Fsp3) is 0.400. The zero-order valence-electron chi connectivity index (χ0n) is 13.0. The van der Waals surface area contributed by atoms with E-state index in [9.17, 15) is 14.7 Å². The van der Waals surface area contributed by atoms with Crippen molar-refractivity contribution in [3.05, 3.63) is 29.1 Å². The molecule has 2 rings (SSSR count). The fourth-order valence-electron chi connectivity index (χ4n) is 1.97. The predicted molar refractivity (Wildman–Crippen MR) is 81.0 cm³/mol.